The summed E-state index contributed by atoms with van der Waals surface area (Å²) in [6, 6.07) is 22.2. The summed E-state index contributed by atoms with van der Waals surface area (Å²) >= 11 is 0. The molecule has 0 aliphatic rings. The van der Waals surface area contributed by atoms with Gasteiger partial charge in [-0.15, -0.1) is 0 Å². The van der Waals surface area contributed by atoms with Crippen molar-refractivity contribution in [2.45, 2.75) is 0 Å². The number of anilines is 2. The molecule has 7 nitrogen and oxygen atoms in total. The zero-order chi connectivity index (χ0) is 18.6. The molecule has 1 heterocycles. The van der Waals surface area contributed by atoms with Crippen molar-refractivity contribution in [3.8, 4) is 11.6 Å². The van der Waals surface area contributed by atoms with Crippen molar-refractivity contribution >= 4 is 28.0 Å². The highest BCUT2D eigenvalue weighted by Gasteiger charge is 2.25. The lowest BCUT2D eigenvalue weighted by Gasteiger charge is -2.10. The molecule has 3 aromatic carbocycles. The zero-order valence-corrected chi connectivity index (χ0v) is 14.1. The van der Waals surface area contributed by atoms with Crippen molar-refractivity contribution in [2.75, 3.05) is 5.32 Å². The Morgan fingerprint density at radius 1 is 0.889 bits per heavy atom. The van der Waals surface area contributed by atoms with E-state index in [1.807, 2.05) is 54.6 Å². The maximum Gasteiger partial charge on any atom is 0.373 e. The minimum absolute atomic E-state index is 0.0661. The lowest BCUT2D eigenvalue weighted by Crippen LogP contribution is -2.03. The first-order valence-corrected chi connectivity index (χ1v) is 8.19. The SMILES string of the molecule is O=[N+]([O-])c1c(Nc2ccccc2)ncnc1Oc1cccc2ccccc12. The molecule has 1 aromatic heterocycles. The predicted octanol–water partition coefficient (Wildman–Crippen LogP) is 5.07. The lowest BCUT2D eigenvalue weighted by molar-refractivity contribution is -0.385. The van der Waals surface area contributed by atoms with Crippen LogP contribution >= 0.6 is 0 Å². The quantitative estimate of drug-likeness (QED) is 0.395. The van der Waals surface area contributed by atoms with E-state index in [2.05, 4.69) is 15.3 Å². The van der Waals surface area contributed by atoms with Crippen LogP contribution in [0.15, 0.2) is 79.1 Å². The third-order valence-electron chi connectivity index (χ3n) is 3.96. The molecule has 0 unspecified atom stereocenters. The summed E-state index contributed by atoms with van der Waals surface area (Å²) in [5.74, 6) is 0.432. The van der Waals surface area contributed by atoms with Gasteiger partial charge in [0.1, 0.15) is 12.1 Å². The maximum atomic E-state index is 11.7. The second-order valence-corrected chi connectivity index (χ2v) is 5.70. The van der Waals surface area contributed by atoms with Gasteiger partial charge in [0.05, 0.1) is 4.92 Å². The summed E-state index contributed by atoms with van der Waals surface area (Å²) in [7, 11) is 0. The molecule has 0 radical (unpaired) electrons. The van der Waals surface area contributed by atoms with Gasteiger partial charge in [0, 0.05) is 11.1 Å². The van der Waals surface area contributed by atoms with Crippen molar-refractivity contribution in [1.82, 2.24) is 9.97 Å². The third-order valence-corrected chi connectivity index (χ3v) is 3.96. The molecule has 27 heavy (non-hydrogen) atoms. The van der Waals surface area contributed by atoms with Gasteiger partial charge in [-0.1, -0.05) is 54.6 Å². The molecule has 0 saturated carbocycles. The average Bonchev–Trinajstić information content (AvgIpc) is 2.69. The Balaban J connectivity index is 1.76. The number of ether oxygens (including phenoxy) is 1. The highest BCUT2D eigenvalue weighted by atomic mass is 16.6. The molecular formula is C20H14N4O3. The fraction of sp³-hybridized carbons (Fsp3) is 0. The molecular weight excluding hydrogens is 344 g/mol. The van der Waals surface area contributed by atoms with Crippen LogP contribution in [-0.4, -0.2) is 14.9 Å². The molecule has 0 atom stereocenters. The summed E-state index contributed by atoms with van der Waals surface area (Å²) in [6.07, 6.45) is 1.23. The van der Waals surface area contributed by atoms with Gasteiger partial charge in [-0.3, -0.25) is 10.1 Å². The van der Waals surface area contributed by atoms with Crippen LogP contribution < -0.4 is 10.1 Å². The Bertz CT molecular complexity index is 1110. The van der Waals surface area contributed by atoms with E-state index in [1.54, 1.807) is 18.2 Å². The molecule has 7 heteroatoms. The second kappa shape index (κ2) is 7.09. The molecule has 1 N–H and O–H groups in total. The van der Waals surface area contributed by atoms with Gasteiger partial charge < -0.3 is 10.1 Å². The predicted molar refractivity (Wildman–Crippen MR) is 102 cm³/mol. The smallest absolute Gasteiger partial charge is 0.373 e. The van der Waals surface area contributed by atoms with Crippen LogP contribution in [0.4, 0.5) is 17.2 Å². The molecule has 0 aliphatic heterocycles. The van der Waals surface area contributed by atoms with Crippen LogP contribution in [0.5, 0.6) is 11.6 Å². The average molecular weight is 358 g/mol. The number of para-hydroxylation sites is 1. The van der Waals surface area contributed by atoms with Crippen molar-refractivity contribution in [1.29, 1.82) is 0 Å². The lowest BCUT2D eigenvalue weighted by atomic mass is 10.1. The minimum Gasteiger partial charge on any atom is -0.433 e. The van der Waals surface area contributed by atoms with E-state index < -0.39 is 4.92 Å². The molecule has 4 aromatic rings. The summed E-state index contributed by atoms with van der Waals surface area (Å²) in [5, 5.41) is 16.4. The molecule has 4 rings (SSSR count). The summed E-state index contributed by atoms with van der Waals surface area (Å²) in [6.45, 7) is 0. The van der Waals surface area contributed by atoms with Gasteiger partial charge in [-0.25, -0.2) is 4.98 Å². The summed E-state index contributed by atoms with van der Waals surface area (Å²) in [5.41, 5.74) is 0.352. The Labute approximate surface area is 154 Å². The van der Waals surface area contributed by atoms with Gasteiger partial charge in [0.15, 0.2) is 0 Å². The highest BCUT2D eigenvalue weighted by Crippen LogP contribution is 2.37. The van der Waals surface area contributed by atoms with Gasteiger partial charge in [0.25, 0.3) is 0 Å². The maximum absolute atomic E-state index is 11.7. The number of nitrogens with zero attached hydrogens (tertiary/aromatic N) is 3. The van der Waals surface area contributed by atoms with E-state index in [9.17, 15) is 10.1 Å². The number of benzene rings is 3. The Hall–Kier alpha value is -4.00. The van der Waals surface area contributed by atoms with Gasteiger partial charge in [-0.05, 0) is 23.6 Å². The van der Waals surface area contributed by atoms with Crippen LogP contribution in [0.3, 0.4) is 0 Å². The van der Waals surface area contributed by atoms with E-state index in [0.29, 0.717) is 11.4 Å². The zero-order valence-electron chi connectivity index (χ0n) is 14.1. The van der Waals surface area contributed by atoms with E-state index in [1.165, 1.54) is 6.33 Å². The van der Waals surface area contributed by atoms with E-state index >= 15 is 0 Å². The van der Waals surface area contributed by atoms with Gasteiger partial charge in [-0.2, -0.15) is 4.98 Å². The molecule has 0 bridgehead atoms. The number of hydrogen-bond acceptors (Lipinski definition) is 6. The molecule has 0 spiro atoms. The number of fused-ring (bicyclic) bond motifs is 1. The van der Waals surface area contributed by atoms with Crippen LogP contribution in [0.25, 0.3) is 10.8 Å². The molecule has 0 aliphatic carbocycles. The van der Waals surface area contributed by atoms with Crippen molar-refractivity contribution in [2.24, 2.45) is 0 Å². The number of aromatic nitrogens is 2. The van der Waals surface area contributed by atoms with Crippen LogP contribution in [0.1, 0.15) is 0 Å². The van der Waals surface area contributed by atoms with E-state index in [4.69, 9.17) is 4.74 Å². The fourth-order valence-electron chi connectivity index (χ4n) is 2.74. The van der Waals surface area contributed by atoms with Crippen molar-refractivity contribution in [3.05, 3.63) is 89.2 Å². The topological polar surface area (TPSA) is 90.2 Å². The number of hydrogen-bond donors (Lipinski definition) is 1. The number of rotatable bonds is 5. The van der Waals surface area contributed by atoms with Crippen LogP contribution in [0, 0.1) is 10.1 Å². The largest absolute Gasteiger partial charge is 0.433 e. The highest BCUT2D eigenvalue weighted by molar-refractivity contribution is 5.88. The summed E-state index contributed by atoms with van der Waals surface area (Å²) in [4.78, 5) is 19.1. The Morgan fingerprint density at radius 3 is 2.44 bits per heavy atom. The number of nitrogens with one attached hydrogen (secondary N) is 1. The van der Waals surface area contributed by atoms with Gasteiger partial charge >= 0.3 is 11.6 Å². The molecule has 132 valence electrons. The van der Waals surface area contributed by atoms with E-state index in [0.717, 1.165) is 10.8 Å². The minimum atomic E-state index is -0.550. The first-order valence-electron chi connectivity index (χ1n) is 8.19. The number of nitro groups is 1. The molecule has 0 amide bonds. The third kappa shape index (κ3) is 3.38. The Morgan fingerprint density at radius 2 is 1.63 bits per heavy atom. The monoisotopic (exact) mass is 358 g/mol. The first kappa shape index (κ1) is 16.5. The normalized spacial score (nSPS) is 10.5. The Kier molecular flexibility index (Phi) is 4.32. The second-order valence-electron chi connectivity index (χ2n) is 5.70. The standard InChI is InChI=1S/C20H14N4O3/c25-24(26)18-19(23-15-9-2-1-3-10-15)21-13-22-20(18)27-17-12-6-8-14-7-4-5-11-16(14)17/h1-13H,(H,21,22,23). The molecule has 0 saturated heterocycles. The molecule has 0 fully saturated rings. The van der Waals surface area contributed by atoms with Crippen molar-refractivity contribution < 1.29 is 9.66 Å². The van der Waals surface area contributed by atoms with Crippen molar-refractivity contribution in [3.63, 3.8) is 0 Å². The van der Waals surface area contributed by atoms with Gasteiger partial charge in [0.2, 0.25) is 5.82 Å². The fourth-order valence-corrected chi connectivity index (χ4v) is 2.74. The first-order chi connectivity index (χ1) is 13.2. The van der Waals surface area contributed by atoms with E-state index in [-0.39, 0.29) is 17.4 Å². The van der Waals surface area contributed by atoms with Crippen LogP contribution in [0.2, 0.25) is 0 Å². The summed E-state index contributed by atoms with van der Waals surface area (Å²) < 4.78 is 5.83. The van der Waals surface area contributed by atoms with Crippen LogP contribution in [-0.2, 0) is 0 Å².